The van der Waals surface area contributed by atoms with E-state index in [9.17, 15) is 8.42 Å². The molecular weight excluding hydrogens is 314 g/mol. The van der Waals surface area contributed by atoms with E-state index in [4.69, 9.17) is 16.7 Å². The molecule has 0 unspecified atom stereocenters. The predicted molar refractivity (Wildman–Crippen MR) is 81.9 cm³/mol. The van der Waals surface area contributed by atoms with Crippen LogP contribution in [0.15, 0.2) is 23.4 Å². The second kappa shape index (κ2) is 6.74. The Kier molecular flexibility index (Phi) is 5.21. The van der Waals surface area contributed by atoms with Gasteiger partial charge in [-0.25, -0.2) is 13.4 Å². The molecule has 0 radical (unpaired) electrons. The van der Waals surface area contributed by atoms with Gasteiger partial charge < -0.3 is 10.1 Å². The van der Waals surface area contributed by atoms with Crippen molar-refractivity contribution in [3.63, 3.8) is 0 Å². The molecular formula is C13H18ClN3O3S. The van der Waals surface area contributed by atoms with Crippen molar-refractivity contribution in [2.45, 2.75) is 24.7 Å². The molecule has 0 bridgehead atoms. The standard InChI is InChI=1S/C13H18ClN3O3S/c1-2-3-6-17(7-8-18)21(19,20)11-9-16-13-12(11)10(14)4-5-15-13/h4-5,9,18H,2-3,6-8H2,1H3,(H,15,16). The van der Waals surface area contributed by atoms with E-state index in [1.54, 1.807) is 6.07 Å². The van der Waals surface area contributed by atoms with Crippen LogP contribution in [-0.4, -0.2) is 47.5 Å². The Bertz CT molecular complexity index is 715. The van der Waals surface area contributed by atoms with Gasteiger partial charge in [-0.1, -0.05) is 24.9 Å². The van der Waals surface area contributed by atoms with Gasteiger partial charge in [0.15, 0.2) is 0 Å². The van der Waals surface area contributed by atoms with Crippen LogP contribution in [0.3, 0.4) is 0 Å². The molecule has 0 aliphatic carbocycles. The fourth-order valence-corrected chi connectivity index (χ4v) is 4.07. The van der Waals surface area contributed by atoms with E-state index in [0.717, 1.165) is 12.8 Å². The number of sulfonamides is 1. The molecule has 2 N–H and O–H groups in total. The van der Waals surface area contributed by atoms with Crippen molar-refractivity contribution in [2.24, 2.45) is 0 Å². The van der Waals surface area contributed by atoms with Crippen LogP contribution in [0.1, 0.15) is 19.8 Å². The van der Waals surface area contributed by atoms with Gasteiger partial charge in [0, 0.05) is 25.5 Å². The summed E-state index contributed by atoms with van der Waals surface area (Å²) < 4.78 is 26.8. The molecule has 0 aliphatic rings. The van der Waals surface area contributed by atoms with Gasteiger partial charge in [0.25, 0.3) is 0 Å². The van der Waals surface area contributed by atoms with Crippen LogP contribution in [0, 0.1) is 0 Å². The molecule has 0 aliphatic heterocycles. The summed E-state index contributed by atoms with van der Waals surface area (Å²) in [6.45, 7) is 2.18. The van der Waals surface area contributed by atoms with Gasteiger partial charge in [0.1, 0.15) is 10.5 Å². The minimum atomic E-state index is -3.72. The van der Waals surface area contributed by atoms with Gasteiger partial charge in [0.2, 0.25) is 10.0 Å². The second-order valence-corrected chi connectivity index (χ2v) is 6.96. The smallest absolute Gasteiger partial charge is 0.245 e. The number of fused-ring (bicyclic) bond motifs is 1. The minimum Gasteiger partial charge on any atom is -0.395 e. The zero-order chi connectivity index (χ0) is 15.5. The van der Waals surface area contributed by atoms with Crippen molar-refractivity contribution in [1.82, 2.24) is 14.3 Å². The maximum atomic E-state index is 12.8. The summed E-state index contributed by atoms with van der Waals surface area (Å²) in [5, 5.41) is 9.83. The zero-order valence-corrected chi connectivity index (χ0v) is 13.3. The number of aliphatic hydroxyl groups is 1. The molecule has 2 aromatic heterocycles. The molecule has 2 heterocycles. The van der Waals surface area contributed by atoms with Gasteiger partial charge >= 0.3 is 0 Å². The van der Waals surface area contributed by atoms with Crippen molar-refractivity contribution in [3.05, 3.63) is 23.5 Å². The molecule has 116 valence electrons. The highest BCUT2D eigenvalue weighted by molar-refractivity contribution is 7.89. The number of unbranched alkanes of at least 4 members (excludes halogenated alkanes) is 1. The summed E-state index contributed by atoms with van der Waals surface area (Å²) in [5.41, 5.74) is 0.431. The summed E-state index contributed by atoms with van der Waals surface area (Å²) in [5.74, 6) is 0. The summed E-state index contributed by atoms with van der Waals surface area (Å²) in [6.07, 6.45) is 4.51. The summed E-state index contributed by atoms with van der Waals surface area (Å²) >= 11 is 6.10. The Balaban J connectivity index is 2.49. The third kappa shape index (κ3) is 3.21. The fraction of sp³-hybridized carbons (Fsp3) is 0.462. The van der Waals surface area contributed by atoms with Crippen LogP contribution in [0.2, 0.25) is 5.02 Å². The van der Waals surface area contributed by atoms with Crippen LogP contribution in [0.5, 0.6) is 0 Å². The predicted octanol–water partition coefficient (Wildman–Crippen LogP) is 2.00. The Hall–Kier alpha value is -1.15. The Labute approximate surface area is 128 Å². The van der Waals surface area contributed by atoms with E-state index < -0.39 is 10.0 Å². The third-order valence-electron chi connectivity index (χ3n) is 3.21. The molecule has 0 saturated carbocycles. The molecule has 0 spiro atoms. The normalized spacial score (nSPS) is 12.4. The number of H-pyrrole nitrogens is 1. The van der Waals surface area contributed by atoms with Gasteiger partial charge in [-0.3, -0.25) is 0 Å². The topological polar surface area (TPSA) is 86.3 Å². The van der Waals surface area contributed by atoms with Crippen LogP contribution in [0.4, 0.5) is 0 Å². The molecule has 0 aromatic carbocycles. The average molecular weight is 332 g/mol. The zero-order valence-electron chi connectivity index (χ0n) is 11.7. The first-order valence-corrected chi connectivity index (χ1v) is 8.56. The van der Waals surface area contributed by atoms with Crippen molar-refractivity contribution in [3.8, 4) is 0 Å². The third-order valence-corrected chi connectivity index (χ3v) is 5.45. The van der Waals surface area contributed by atoms with E-state index >= 15 is 0 Å². The van der Waals surface area contributed by atoms with Gasteiger partial charge in [-0.05, 0) is 12.5 Å². The lowest BCUT2D eigenvalue weighted by molar-refractivity contribution is 0.252. The number of aromatic nitrogens is 2. The van der Waals surface area contributed by atoms with E-state index in [2.05, 4.69) is 9.97 Å². The molecule has 8 heteroatoms. The molecule has 0 atom stereocenters. The van der Waals surface area contributed by atoms with Crippen LogP contribution in [-0.2, 0) is 10.0 Å². The number of hydrogen-bond donors (Lipinski definition) is 2. The van der Waals surface area contributed by atoms with Gasteiger partial charge in [0.05, 0.1) is 17.0 Å². The molecule has 21 heavy (non-hydrogen) atoms. The number of hydrogen-bond acceptors (Lipinski definition) is 4. The lowest BCUT2D eigenvalue weighted by atomic mass is 10.3. The Morgan fingerprint density at radius 3 is 2.86 bits per heavy atom. The Morgan fingerprint density at radius 2 is 2.19 bits per heavy atom. The number of halogens is 1. The quantitative estimate of drug-likeness (QED) is 0.812. The van der Waals surface area contributed by atoms with Crippen molar-refractivity contribution in [2.75, 3.05) is 19.7 Å². The van der Waals surface area contributed by atoms with Gasteiger partial charge in [-0.15, -0.1) is 0 Å². The number of nitrogens with zero attached hydrogens (tertiary/aromatic N) is 2. The molecule has 2 aromatic rings. The van der Waals surface area contributed by atoms with Gasteiger partial charge in [-0.2, -0.15) is 4.31 Å². The molecule has 0 saturated heterocycles. The number of aromatic amines is 1. The average Bonchev–Trinajstić information content (AvgIpc) is 2.89. The lowest BCUT2D eigenvalue weighted by Crippen LogP contribution is -2.34. The number of aliphatic hydroxyl groups excluding tert-OH is 1. The number of pyridine rings is 1. The van der Waals surface area contributed by atoms with Crippen molar-refractivity contribution < 1.29 is 13.5 Å². The summed E-state index contributed by atoms with van der Waals surface area (Å²) in [7, 11) is -3.72. The monoisotopic (exact) mass is 331 g/mol. The van der Waals surface area contributed by atoms with E-state index in [-0.39, 0.29) is 18.0 Å². The first-order valence-electron chi connectivity index (χ1n) is 6.75. The fourth-order valence-electron chi connectivity index (χ4n) is 2.13. The first-order chi connectivity index (χ1) is 10.0. The molecule has 6 nitrogen and oxygen atoms in total. The SMILES string of the molecule is CCCCN(CCO)S(=O)(=O)c1c[nH]c2nccc(Cl)c12. The van der Waals surface area contributed by atoms with Crippen molar-refractivity contribution >= 4 is 32.7 Å². The first kappa shape index (κ1) is 16.2. The van der Waals surface area contributed by atoms with Crippen LogP contribution in [0.25, 0.3) is 11.0 Å². The lowest BCUT2D eigenvalue weighted by Gasteiger charge is -2.20. The highest BCUT2D eigenvalue weighted by atomic mass is 35.5. The molecule has 0 fully saturated rings. The van der Waals surface area contributed by atoms with E-state index in [1.807, 2.05) is 6.92 Å². The van der Waals surface area contributed by atoms with Crippen molar-refractivity contribution in [1.29, 1.82) is 0 Å². The maximum absolute atomic E-state index is 12.8. The Morgan fingerprint density at radius 1 is 1.43 bits per heavy atom. The van der Waals surface area contributed by atoms with E-state index in [1.165, 1.54) is 16.7 Å². The summed E-state index contributed by atoms with van der Waals surface area (Å²) in [4.78, 5) is 6.99. The highest BCUT2D eigenvalue weighted by Crippen LogP contribution is 2.30. The second-order valence-electron chi connectivity index (χ2n) is 4.65. The number of nitrogens with one attached hydrogen (secondary N) is 1. The highest BCUT2D eigenvalue weighted by Gasteiger charge is 2.27. The molecule has 2 rings (SSSR count). The largest absolute Gasteiger partial charge is 0.395 e. The van der Waals surface area contributed by atoms with Crippen LogP contribution < -0.4 is 0 Å². The number of rotatable bonds is 7. The van der Waals surface area contributed by atoms with E-state index in [0.29, 0.717) is 22.6 Å². The minimum absolute atomic E-state index is 0.0624. The molecule has 0 amide bonds. The van der Waals surface area contributed by atoms with Crippen LogP contribution >= 0.6 is 11.6 Å². The maximum Gasteiger partial charge on any atom is 0.245 e. The summed E-state index contributed by atoms with van der Waals surface area (Å²) in [6, 6.07) is 1.55.